The van der Waals surface area contributed by atoms with Crippen LogP contribution < -0.4 is 0 Å². The summed E-state index contributed by atoms with van der Waals surface area (Å²) in [5, 5.41) is 9.07. The van der Waals surface area contributed by atoms with E-state index in [0.29, 0.717) is 0 Å². The van der Waals surface area contributed by atoms with Crippen LogP contribution in [-0.4, -0.2) is 15.1 Å². The molecule has 2 aromatic rings. The molecule has 0 aromatic carbocycles. The summed E-state index contributed by atoms with van der Waals surface area (Å²) in [7, 11) is 0. The van der Waals surface area contributed by atoms with Gasteiger partial charge in [-0.15, -0.1) is 0 Å². The molecule has 1 N–H and O–H groups in total. The predicted octanol–water partition coefficient (Wildman–Crippen LogP) is 2.25. The van der Waals surface area contributed by atoms with Gasteiger partial charge in [0.2, 0.25) is 0 Å². The summed E-state index contributed by atoms with van der Waals surface area (Å²) in [4.78, 5) is 8.49. The van der Waals surface area contributed by atoms with Gasteiger partial charge in [0.1, 0.15) is 0 Å². The van der Waals surface area contributed by atoms with Crippen molar-refractivity contribution >= 4 is 0 Å². The lowest BCUT2D eigenvalue weighted by atomic mass is 10.1. The zero-order chi connectivity index (χ0) is 11.5. The van der Waals surface area contributed by atoms with Crippen molar-refractivity contribution in [3.63, 3.8) is 0 Å². The first-order chi connectivity index (χ1) is 7.70. The second-order valence-electron chi connectivity index (χ2n) is 3.84. The predicted molar refractivity (Wildman–Crippen MR) is 62.9 cm³/mol. The zero-order valence-electron chi connectivity index (χ0n) is 9.44. The number of pyridine rings is 2. The Labute approximate surface area is 94.8 Å². The average molecular weight is 214 g/mol. The molecule has 0 aliphatic heterocycles. The Bertz CT molecular complexity index is 509. The average Bonchev–Trinajstić information content (AvgIpc) is 2.29. The maximum Gasteiger partial charge on any atom is 0.0706 e. The topological polar surface area (TPSA) is 46.0 Å². The van der Waals surface area contributed by atoms with E-state index in [1.54, 1.807) is 12.4 Å². The van der Waals surface area contributed by atoms with Crippen molar-refractivity contribution in [2.24, 2.45) is 0 Å². The van der Waals surface area contributed by atoms with E-state index in [9.17, 15) is 0 Å². The molecule has 0 aliphatic rings. The highest BCUT2D eigenvalue weighted by Crippen LogP contribution is 2.19. The highest BCUT2D eigenvalue weighted by molar-refractivity contribution is 5.60. The third-order valence-corrected chi connectivity index (χ3v) is 2.58. The van der Waals surface area contributed by atoms with Crippen LogP contribution in [0.25, 0.3) is 11.3 Å². The van der Waals surface area contributed by atoms with Crippen LogP contribution in [0.1, 0.15) is 16.8 Å². The molecule has 0 fully saturated rings. The molecule has 82 valence electrons. The zero-order valence-corrected chi connectivity index (χ0v) is 9.44. The van der Waals surface area contributed by atoms with Crippen molar-refractivity contribution in [2.45, 2.75) is 20.5 Å². The Morgan fingerprint density at radius 2 is 2.00 bits per heavy atom. The van der Waals surface area contributed by atoms with Gasteiger partial charge in [-0.2, -0.15) is 0 Å². The molecular formula is C13H14N2O. The van der Waals surface area contributed by atoms with Crippen LogP contribution in [0, 0.1) is 13.8 Å². The van der Waals surface area contributed by atoms with Gasteiger partial charge >= 0.3 is 0 Å². The fourth-order valence-corrected chi connectivity index (χ4v) is 1.61. The molecule has 0 amide bonds. The maximum absolute atomic E-state index is 9.07. The van der Waals surface area contributed by atoms with E-state index in [2.05, 4.69) is 9.97 Å². The fraction of sp³-hybridized carbons (Fsp3) is 0.231. The molecule has 0 radical (unpaired) electrons. The van der Waals surface area contributed by atoms with Gasteiger partial charge in [-0.05, 0) is 43.2 Å². The molecule has 2 aromatic heterocycles. The third-order valence-electron chi connectivity index (χ3n) is 2.58. The number of aliphatic hydroxyl groups excluding tert-OH is 1. The van der Waals surface area contributed by atoms with Crippen molar-refractivity contribution < 1.29 is 5.11 Å². The molecule has 0 aliphatic carbocycles. The fourth-order valence-electron chi connectivity index (χ4n) is 1.61. The SMILES string of the molecule is Cc1cc(-c2cc(C)c(CO)cn2)ccn1. The first kappa shape index (κ1) is 10.8. The van der Waals surface area contributed by atoms with Crippen molar-refractivity contribution in [2.75, 3.05) is 0 Å². The van der Waals surface area contributed by atoms with Gasteiger partial charge in [-0.1, -0.05) is 0 Å². The van der Waals surface area contributed by atoms with Gasteiger partial charge in [-0.25, -0.2) is 0 Å². The van der Waals surface area contributed by atoms with E-state index >= 15 is 0 Å². The number of hydrogen-bond donors (Lipinski definition) is 1. The number of rotatable bonds is 2. The second-order valence-corrected chi connectivity index (χ2v) is 3.84. The van der Waals surface area contributed by atoms with Crippen molar-refractivity contribution in [3.8, 4) is 11.3 Å². The van der Waals surface area contributed by atoms with Gasteiger partial charge in [0, 0.05) is 23.7 Å². The van der Waals surface area contributed by atoms with Crippen LogP contribution in [0.4, 0.5) is 0 Å². The molecule has 0 atom stereocenters. The standard InChI is InChI=1S/C13H14N2O/c1-9-5-13(15-7-12(9)8-16)11-3-4-14-10(2)6-11/h3-7,16H,8H2,1-2H3. The van der Waals surface area contributed by atoms with Crippen LogP contribution in [0.5, 0.6) is 0 Å². The summed E-state index contributed by atoms with van der Waals surface area (Å²) in [5.41, 5.74) is 4.87. The molecule has 0 saturated heterocycles. The normalized spacial score (nSPS) is 10.4. The summed E-state index contributed by atoms with van der Waals surface area (Å²) in [6.07, 6.45) is 3.50. The Hall–Kier alpha value is -1.74. The van der Waals surface area contributed by atoms with Crippen molar-refractivity contribution in [1.82, 2.24) is 9.97 Å². The Balaban J connectivity index is 2.45. The Morgan fingerprint density at radius 3 is 2.62 bits per heavy atom. The van der Waals surface area contributed by atoms with E-state index in [-0.39, 0.29) is 6.61 Å². The molecule has 2 rings (SSSR count). The molecule has 0 saturated carbocycles. The van der Waals surface area contributed by atoms with Gasteiger partial charge < -0.3 is 5.11 Å². The quantitative estimate of drug-likeness (QED) is 0.834. The van der Waals surface area contributed by atoms with E-state index in [4.69, 9.17) is 5.11 Å². The molecule has 0 bridgehead atoms. The van der Waals surface area contributed by atoms with Crippen LogP contribution in [0.2, 0.25) is 0 Å². The summed E-state index contributed by atoms with van der Waals surface area (Å²) >= 11 is 0. The van der Waals surface area contributed by atoms with E-state index in [0.717, 1.165) is 28.1 Å². The largest absolute Gasteiger partial charge is 0.392 e. The van der Waals surface area contributed by atoms with Crippen LogP contribution in [-0.2, 0) is 6.61 Å². The first-order valence-electron chi connectivity index (χ1n) is 5.20. The molecule has 0 spiro atoms. The number of hydrogen-bond acceptors (Lipinski definition) is 3. The summed E-state index contributed by atoms with van der Waals surface area (Å²) in [5.74, 6) is 0. The Morgan fingerprint density at radius 1 is 1.19 bits per heavy atom. The lowest BCUT2D eigenvalue weighted by Crippen LogP contribution is -1.93. The molecule has 3 heteroatoms. The minimum atomic E-state index is 0.0362. The monoisotopic (exact) mass is 214 g/mol. The molecule has 3 nitrogen and oxygen atoms in total. The first-order valence-corrected chi connectivity index (χ1v) is 5.20. The maximum atomic E-state index is 9.07. The van der Waals surface area contributed by atoms with Gasteiger partial charge in [0.05, 0.1) is 12.3 Å². The lowest BCUT2D eigenvalue weighted by Gasteiger charge is -2.06. The smallest absolute Gasteiger partial charge is 0.0706 e. The molecular weight excluding hydrogens is 200 g/mol. The Kier molecular flexibility index (Phi) is 2.97. The van der Waals surface area contributed by atoms with E-state index < -0.39 is 0 Å². The molecule has 2 heterocycles. The van der Waals surface area contributed by atoms with Gasteiger partial charge in [0.15, 0.2) is 0 Å². The van der Waals surface area contributed by atoms with Crippen molar-refractivity contribution in [1.29, 1.82) is 0 Å². The van der Waals surface area contributed by atoms with Crippen LogP contribution >= 0.6 is 0 Å². The summed E-state index contributed by atoms with van der Waals surface area (Å²) in [6, 6.07) is 5.92. The number of aliphatic hydroxyl groups is 1. The van der Waals surface area contributed by atoms with Crippen molar-refractivity contribution in [3.05, 3.63) is 47.4 Å². The number of aryl methyl sites for hydroxylation is 2. The number of nitrogens with zero attached hydrogens (tertiary/aromatic N) is 2. The van der Waals surface area contributed by atoms with Crippen LogP contribution in [0.3, 0.4) is 0 Å². The molecule has 0 unspecified atom stereocenters. The van der Waals surface area contributed by atoms with Gasteiger partial charge in [-0.3, -0.25) is 9.97 Å². The van der Waals surface area contributed by atoms with Gasteiger partial charge in [0.25, 0.3) is 0 Å². The van der Waals surface area contributed by atoms with E-state index in [1.807, 2.05) is 32.0 Å². The minimum absolute atomic E-state index is 0.0362. The third kappa shape index (κ3) is 2.09. The lowest BCUT2D eigenvalue weighted by molar-refractivity contribution is 0.280. The summed E-state index contributed by atoms with van der Waals surface area (Å²) in [6.45, 7) is 3.97. The minimum Gasteiger partial charge on any atom is -0.392 e. The number of aromatic nitrogens is 2. The van der Waals surface area contributed by atoms with E-state index in [1.165, 1.54) is 0 Å². The highest BCUT2D eigenvalue weighted by Gasteiger charge is 2.03. The second kappa shape index (κ2) is 4.41. The van der Waals surface area contributed by atoms with Crippen LogP contribution in [0.15, 0.2) is 30.6 Å². The summed E-state index contributed by atoms with van der Waals surface area (Å²) < 4.78 is 0. The molecule has 16 heavy (non-hydrogen) atoms. The highest BCUT2D eigenvalue weighted by atomic mass is 16.3.